The zero-order valence-electron chi connectivity index (χ0n) is 30.4. The molecule has 4 N–H and O–H groups in total. The van der Waals surface area contributed by atoms with Crippen molar-refractivity contribution in [2.45, 2.75) is 31.1 Å². The van der Waals surface area contributed by atoms with E-state index in [1.807, 2.05) is 6.08 Å². The summed E-state index contributed by atoms with van der Waals surface area (Å²) in [5, 5.41) is 32.2. The molecular weight excluding hydrogens is 777 g/mol. The molecule has 3 fully saturated rings. The number of ether oxygens (including phenoxy) is 2. The maximum absolute atomic E-state index is 15.5. The fourth-order valence-electron chi connectivity index (χ4n) is 9.29. The number of amides is 4. The number of aromatic hydroxyl groups is 2. The highest BCUT2D eigenvalue weighted by atomic mass is 35.5. The van der Waals surface area contributed by atoms with Crippen LogP contribution in [0, 0.1) is 23.7 Å². The quantitative estimate of drug-likeness (QED) is 0.104. The summed E-state index contributed by atoms with van der Waals surface area (Å²) >= 11 is 12.7. The summed E-state index contributed by atoms with van der Waals surface area (Å²) in [5.74, 6) is -8.41. The highest BCUT2D eigenvalue weighted by Gasteiger charge is 2.70. The van der Waals surface area contributed by atoms with E-state index in [-0.39, 0.29) is 47.3 Å². The maximum Gasteiger partial charge on any atom is 0.339 e. The predicted octanol–water partition coefficient (Wildman–Crippen LogP) is 6.70. The van der Waals surface area contributed by atoms with E-state index < -0.39 is 75.9 Å². The molecule has 13 nitrogen and oxygen atoms in total. The van der Waals surface area contributed by atoms with Gasteiger partial charge in [-0.15, -0.1) is 0 Å². The standard InChI is InChI=1S/C42H35Cl2N3O10/c1-3-57-34-16-20(4-15-32(34)48)36-25-12-13-27-35(39(52)46(37(27)50)23-8-11-26(40(53)54)33(49)18-23)28(25)19-29-38(51)47(45-31-14-7-22(43)17-30(31)44)41(55)42(29,36)21-5-9-24(56-2)10-6-21/h4-12,14-18,27-29,35-36,45,48-49H,3,13,19H2,1-2H3,(H,53,54). The Balaban J connectivity index is 1.32. The van der Waals surface area contributed by atoms with Crippen LogP contribution in [0.4, 0.5) is 11.4 Å². The molecule has 0 aromatic heterocycles. The summed E-state index contributed by atoms with van der Waals surface area (Å²) in [6, 6.07) is 19.7. The van der Waals surface area contributed by atoms with Crippen LogP contribution in [0.3, 0.4) is 0 Å². The molecule has 2 saturated heterocycles. The third-order valence-corrected chi connectivity index (χ3v) is 12.2. The number of phenols is 2. The number of aromatic carboxylic acids is 1. The van der Waals surface area contributed by atoms with Crippen molar-refractivity contribution in [3.8, 4) is 23.0 Å². The van der Waals surface area contributed by atoms with Crippen LogP contribution in [0.2, 0.25) is 10.0 Å². The van der Waals surface area contributed by atoms with E-state index in [9.17, 15) is 34.5 Å². The molecule has 15 heteroatoms. The highest BCUT2D eigenvalue weighted by molar-refractivity contribution is 6.36. The monoisotopic (exact) mass is 811 g/mol. The molecule has 6 atom stereocenters. The van der Waals surface area contributed by atoms with E-state index in [0.29, 0.717) is 27.5 Å². The van der Waals surface area contributed by atoms with Gasteiger partial charge >= 0.3 is 5.97 Å². The molecule has 6 unspecified atom stereocenters. The summed E-state index contributed by atoms with van der Waals surface area (Å²) in [6.45, 7) is 1.98. The van der Waals surface area contributed by atoms with Crippen molar-refractivity contribution in [2.24, 2.45) is 23.7 Å². The number of nitrogens with zero attached hydrogens (tertiary/aromatic N) is 2. The second kappa shape index (κ2) is 14.2. The molecular formula is C42H35Cl2N3O10. The number of anilines is 2. The van der Waals surface area contributed by atoms with Gasteiger partial charge in [0, 0.05) is 17.0 Å². The first-order valence-corrected chi connectivity index (χ1v) is 18.9. The number of nitrogens with one attached hydrogen (secondary N) is 1. The largest absolute Gasteiger partial charge is 0.507 e. The Morgan fingerprint density at radius 2 is 1.65 bits per heavy atom. The zero-order valence-corrected chi connectivity index (χ0v) is 32.0. The Kier molecular flexibility index (Phi) is 9.40. The molecule has 4 aromatic rings. The molecule has 2 heterocycles. The number of carbonyl (C=O) groups is 5. The van der Waals surface area contributed by atoms with Crippen LogP contribution in [0.25, 0.3) is 0 Å². The van der Waals surface area contributed by atoms with Gasteiger partial charge in [-0.1, -0.05) is 53.1 Å². The van der Waals surface area contributed by atoms with Crippen LogP contribution in [0.1, 0.15) is 47.2 Å². The number of phenolic OH excluding ortho intramolecular Hbond substituents is 1. The minimum atomic E-state index is -1.64. The SMILES string of the molecule is CCOc1cc(C2C3=CCC4C(=O)N(c5ccc(C(=O)O)c(O)c5)C(=O)C4C3CC3C(=O)N(Nc4ccc(Cl)cc4Cl)C(=O)C32c2ccc(OC)cc2)ccc1O. The molecule has 4 aromatic carbocycles. The van der Waals surface area contributed by atoms with Gasteiger partial charge in [0.05, 0.1) is 53.3 Å². The topological polar surface area (TPSA) is 183 Å². The number of hydrogen-bond donors (Lipinski definition) is 4. The van der Waals surface area contributed by atoms with Gasteiger partial charge in [0.1, 0.15) is 17.1 Å². The smallest absolute Gasteiger partial charge is 0.339 e. The van der Waals surface area contributed by atoms with Gasteiger partial charge in [0.25, 0.3) is 11.8 Å². The van der Waals surface area contributed by atoms with Gasteiger partial charge < -0.3 is 24.8 Å². The van der Waals surface area contributed by atoms with Gasteiger partial charge in [-0.05, 0) is 91.4 Å². The number of carboxylic acid groups (broad SMARTS) is 1. The van der Waals surface area contributed by atoms with Gasteiger partial charge in [-0.3, -0.25) is 24.6 Å². The predicted molar refractivity (Wildman–Crippen MR) is 207 cm³/mol. The molecule has 4 amide bonds. The average molecular weight is 813 g/mol. The van der Waals surface area contributed by atoms with Gasteiger partial charge in [0.2, 0.25) is 11.8 Å². The van der Waals surface area contributed by atoms with Crippen LogP contribution >= 0.6 is 23.2 Å². The highest BCUT2D eigenvalue weighted by Crippen LogP contribution is 2.64. The maximum atomic E-state index is 15.5. The number of carbonyl (C=O) groups excluding carboxylic acids is 4. The summed E-state index contributed by atoms with van der Waals surface area (Å²) in [6.07, 6.45) is 1.96. The van der Waals surface area contributed by atoms with E-state index in [0.717, 1.165) is 22.0 Å². The van der Waals surface area contributed by atoms with Crippen molar-refractivity contribution >= 4 is 64.2 Å². The van der Waals surface area contributed by atoms with E-state index in [1.54, 1.807) is 55.5 Å². The minimum Gasteiger partial charge on any atom is -0.507 e. The second-order valence-corrected chi connectivity index (χ2v) is 15.2. The average Bonchev–Trinajstić information content (AvgIpc) is 3.57. The Morgan fingerprint density at radius 3 is 2.32 bits per heavy atom. The van der Waals surface area contributed by atoms with Gasteiger partial charge in [-0.25, -0.2) is 9.69 Å². The summed E-state index contributed by atoms with van der Waals surface area (Å²) < 4.78 is 11.3. The van der Waals surface area contributed by atoms with Crippen molar-refractivity contribution < 1.29 is 48.8 Å². The molecule has 8 rings (SSSR count). The number of halogens is 2. The summed E-state index contributed by atoms with van der Waals surface area (Å²) in [5.41, 5.74) is 2.81. The lowest BCUT2D eigenvalue weighted by molar-refractivity contribution is -0.138. The fourth-order valence-corrected chi connectivity index (χ4v) is 9.74. The van der Waals surface area contributed by atoms with E-state index >= 15 is 4.79 Å². The van der Waals surface area contributed by atoms with E-state index in [2.05, 4.69) is 5.43 Å². The molecule has 1 saturated carbocycles. The molecule has 0 radical (unpaired) electrons. The van der Waals surface area contributed by atoms with Gasteiger partial charge in [0.15, 0.2) is 11.5 Å². The number of imide groups is 2. The number of hydrazine groups is 1. The first kappa shape index (κ1) is 37.9. The minimum absolute atomic E-state index is 0.00520. The van der Waals surface area contributed by atoms with Crippen LogP contribution < -0.4 is 19.8 Å². The fraction of sp³-hybridized carbons (Fsp3) is 0.262. The van der Waals surface area contributed by atoms with Crippen LogP contribution in [-0.2, 0) is 24.6 Å². The van der Waals surface area contributed by atoms with E-state index in [1.165, 1.54) is 25.3 Å². The lowest BCUT2D eigenvalue weighted by Gasteiger charge is -2.50. The number of hydrogen-bond acceptors (Lipinski definition) is 10. The summed E-state index contributed by atoms with van der Waals surface area (Å²) in [7, 11) is 1.51. The summed E-state index contributed by atoms with van der Waals surface area (Å²) in [4.78, 5) is 71.8. The molecule has 57 heavy (non-hydrogen) atoms. The number of benzene rings is 4. The molecule has 0 spiro atoms. The molecule has 0 bridgehead atoms. The van der Waals surface area contributed by atoms with Crippen molar-refractivity contribution in [1.82, 2.24) is 5.01 Å². The first-order chi connectivity index (χ1) is 27.3. The molecule has 4 aliphatic rings. The number of fused-ring (bicyclic) bond motifs is 4. The molecule has 2 aliphatic carbocycles. The second-order valence-electron chi connectivity index (χ2n) is 14.4. The third-order valence-electron chi connectivity index (χ3n) is 11.7. The van der Waals surface area contributed by atoms with Crippen LogP contribution in [0.15, 0.2) is 90.5 Å². The van der Waals surface area contributed by atoms with Gasteiger partial charge in [-0.2, -0.15) is 5.01 Å². The third kappa shape index (κ3) is 5.78. The normalized spacial score (nSPS) is 25.1. The lowest BCUT2D eigenvalue weighted by Crippen LogP contribution is -2.53. The van der Waals surface area contributed by atoms with Crippen molar-refractivity contribution in [3.63, 3.8) is 0 Å². The Hall–Kier alpha value is -6.05. The van der Waals surface area contributed by atoms with Crippen molar-refractivity contribution in [3.05, 3.63) is 117 Å². The zero-order chi connectivity index (χ0) is 40.5. The first-order valence-electron chi connectivity index (χ1n) is 18.2. The number of allylic oxidation sites excluding steroid dienone is 2. The van der Waals surface area contributed by atoms with Crippen molar-refractivity contribution in [2.75, 3.05) is 24.0 Å². The van der Waals surface area contributed by atoms with Crippen molar-refractivity contribution in [1.29, 1.82) is 0 Å². The number of carboxylic acids is 1. The Labute approximate surface area is 336 Å². The van der Waals surface area contributed by atoms with Crippen LogP contribution in [-0.4, -0.2) is 63.6 Å². The number of methoxy groups -OCH3 is 1. The number of rotatable bonds is 9. The Morgan fingerprint density at radius 1 is 0.895 bits per heavy atom. The van der Waals surface area contributed by atoms with E-state index in [4.69, 9.17) is 32.7 Å². The van der Waals surface area contributed by atoms with Crippen LogP contribution in [0.5, 0.6) is 23.0 Å². The Bertz CT molecular complexity index is 2420. The molecule has 2 aliphatic heterocycles. The lowest BCUT2D eigenvalue weighted by atomic mass is 9.49. The molecule has 292 valence electrons.